The van der Waals surface area contributed by atoms with Gasteiger partial charge in [-0.15, -0.1) is 24.0 Å². The highest BCUT2D eigenvalue weighted by atomic mass is 127. The number of rotatable bonds is 10. The molecule has 1 heterocycles. The van der Waals surface area contributed by atoms with Gasteiger partial charge in [-0.2, -0.15) is 0 Å². The van der Waals surface area contributed by atoms with E-state index in [4.69, 9.17) is 4.99 Å². The summed E-state index contributed by atoms with van der Waals surface area (Å²) >= 11 is 0. The van der Waals surface area contributed by atoms with Crippen LogP contribution in [0.5, 0.6) is 0 Å². The molecular formula is C20H32IN5. The number of nitrogens with zero attached hydrogens (tertiary/aromatic N) is 3. The number of aliphatic imine (C=N–C) groups is 1. The number of nitrogens with one attached hydrogen (secondary N) is 2. The van der Waals surface area contributed by atoms with Crippen molar-refractivity contribution in [2.24, 2.45) is 4.99 Å². The van der Waals surface area contributed by atoms with Crippen molar-refractivity contribution in [3.8, 4) is 0 Å². The molecule has 2 N–H and O–H groups in total. The molecule has 0 unspecified atom stereocenters. The zero-order chi connectivity index (χ0) is 17.7. The van der Waals surface area contributed by atoms with Crippen molar-refractivity contribution in [3.63, 3.8) is 0 Å². The second-order valence-electron chi connectivity index (χ2n) is 6.24. The Balaban J connectivity index is 0.00000338. The summed E-state index contributed by atoms with van der Waals surface area (Å²) in [5.74, 6) is 0.902. The van der Waals surface area contributed by atoms with E-state index >= 15 is 0 Å². The molecule has 0 aliphatic rings. The number of aromatic nitrogens is 2. The van der Waals surface area contributed by atoms with Crippen LogP contribution in [0.15, 0.2) is 48.0 Å². The smallest absolute Gasteiger partial charge is 0.191 e. The molecule has 0 bridgehead atoms. The van der Waals surface area contributed by atoms with Crippen molar-refractivity contribution in [2.75, 3.05) is 13.1 Å². The zero-order valence-electron chi connectivity index (χ0n) is 15.9. The van der Waals surface area contributed by atoms with E-state index < -0.39 is 0 Å². The zero-order valence-corrected chi connectivity index (χ0v) is 18.3. The molecule has 0 saturated carbocycles. The third-order valence-electron chi connectivity index (χ3n) is 4.00. The summed E-state index contributed by atoms with van der Waals surface area (Å²) in [4.78, 5) is 8.81. The first-order valence-electron chi connectivity index (χ1n) is 9.37. The lowest BCUT2D eigenvalue weighted by Crippen LogP contribution is -2.37. The lowest BCUT2D eigenvalue weighted by Gasteiger charge is -2.11. The Kier molecular flexibility index (Phi) is 11.8. The summed E-state index contributed by atoms with van der Waals surface area (Å²) in [7, 11) is 0. The van der Waals surface area contributed by atoms with E-state index in [0.29, 0.717) is 6.54 Å². The number of guanidine groups is 1. The van der Waals surface area contributed by atoms with Gasteiger partial charge in [0.25, 0.3) is 0 Å². The number of hydrogen-bond acceptors (Lipinski definition) is 2. The minimum absolute atomic E-state index is 0. The van der Waals surface area contributed by atoms with Crippen molar-refractivity contribution in [1.82, 2.24) is 20.2 Å². The van der Waals surface area contributed by atoms with Crippen LogP contribution in [-0.2, 0) is 13.1 Å². The highest BCUT2D eigenvalue weighted by molar-refractivity contribution is 14.0. The molecule has 6 heteroatoms. The van der Waals surface area contributed by atoms with E-state index in [1.54, 1.807) is 0 Å². The third kappa shape index (κ3) is 8.69. The van der Waals surface area contributed by atoms with E-state index in [2.05, 4.69) is 58.3 Å². The van der Waals surface area contributed by atoms with Crippen LogP contribution in [-0.4, -0.2) is 28.6 Å². The quantitative estimate of drug-likeness (QED) is 0.238. The van der Waals surface area contributed by atoms with Crippen LogP contribution in [0.2, 0.25) is 0 Å². The predicted molar refractivity (Wildman–Crippen MR) is 120 cm³/mol. The topological polar surface area (TPSA) is 54.2 Å². The fourth-order valence-corrected chi connectivity index (χ4v) is 2.69. The van der Waals surface area contributed by atoms with Gasteiger partial charge in [-0.3, -0.25) is 0 Å². The van der Waals surface area contributed by atoms with E-state index in [1.165, 1.54) is 36.8 Å². The lowest BCUT2D eigenvalue weighted by molar-refractivity contribution is 0.647. The maximum Gasteiger partial charge on any atom is 0.191 e. The molecule has 144 valence electrons. The molecular weight excluding hydrogens is 437 g/mol. The Morgan fingerprint density at radius 1 is 1.12 bits per heavy atom. The molecule has 0 amide bonds. The average molecular weight is 469 g/mol. The van der Waals surface area contributed by atoms with Gasteiger partial charge in [-0.1, -0.05) is 50.5 Å². The normalized spacial score (nSPS) is 11.1. The maximum absolute atomic E-state index is 4.71. The summed E-state index contributed by atoms with van der Waals surface area (Å²) in [5, 5.41) is 6.75. The fourth-order valence-electron chi connectivity index (χ4n) is 2.69. The van der Waals surface area contributed by atoms with Crippen molar-refractivity contribution < 1.29 is 0 Å². The molecule has 0 saturated heterocycles. The Morgan fingerprint density at radius 3 is 2.69 bits per heavy atom. The van der Waals surface area contributed by atoms with Gasteiger partial charge in [0.1, 0.15) is 0 Å². The van der Waals surface area contributed by atoms with Crippen molar-refractivity contribution in [1.29, 1.82) is 0 Å². The van der Waals surface area contributed by atoms with E-state index in [1.807, 2.05) is 18.7 Å². The van der Waals surface area contributed by atoms with Gasteiger partial charge in [0.05, 0.1) is 12.9 Å². The second kappa shape index (κ2) is 13.6. The van der Waals surface area contributed by atoms with Gasteiger partial charge in [-0.05, 0) is 24.5 Å². The summed E-state index contributed by atoms with van der Waals surface area (Å²) in [5.41, 5.74) is 2.49. The minimum Gasteiger partial charge on any atom is -0.357 e. The first-order valence-corrected chi connectivity index (χ1v) is 9.37. The van der Waals surface area contributed by atoms with Crippen LogP contribution in [0.4, 0.5) is 0 Å². The number of benzene rings is 1. The number of imidazole rings is 1. The SMILES string of the molecule is CCCCCCNC(=NCc1cccc(Cn2ccnc2)c1)NCC.I. The van der Waals surface area contributed by atoms with E-state index in [9.17, 15) is 0 Å². The average Bonchev–Trinajstić information content (AvgIpc) is 3.13. The van der Waals surface area contributed by atoms with Gasteiger partial charge in [0.2, 0.25) is 0 Å². The van der Waals surface area contributed by atoms with Crippen LogP contribution in [0.25, 0.3) is 0 Å². The molecule has 1 aromatic heterocycles. The molecule has 26 heavy (non-hydrogen) atoms. The lowest BCUT2D eigenvalue weighted by atomic mass is 10.1. The first-order chi connectivity index (χ1) is 12.3. The Hall–Kier alpha value is -1.57. The Bertz CT molecular complexity index is 625. The maximum atomic E-state index is 4.71. The minimum atomic E-state index is 0. The highest BCUT2D eigenvalue weighted by Crippen LogP contribution is 2.08. The highest BCUT2D eigenvalue weighted by Gasteiger charge is 2.00. The predicted octanol–water partition coefficient (Wildman–Crippen LogP) is 4.18. The van der Waals surface area contributed by atoms with Gasteiger partial charge >= 0.3 is 0 Å². The number of halogens is 1. The molecule has 2 rings (SSSR count). The van der Waals surface area contributed by atoms with Crippen LogP contribution in [0.1, 0.15) is 50.7 Å². The van der Waals surface area contributed by atoms with E-state index in [0.717, 1.165) is 25.6 Å². The molecule has 2 aromatic rings. The van der Waals surface area contributed by atoms with Gasteiger partial charge in [0.15, 0.2) is 5.96 Å². The summed E-state index contributed by atoms with van der Waals surface area (Å²) < 4.78 is 2.07. The van der Waals surface area contributed by atoms with Gasteiger partial charge < -0.3 is 15.2 Å². The third-order valence-corrected chi connectivity index (χ3v) is 4.00. The first kappa shape index (κ1) is 22.5. The van der Waals surface area contributed by atoms with Crippen molar-refractivity contribution in [2.45, 2.75) is 52.6 Å². The molecule has 5 nitrogen and oxygen atoms in total. The number of unbranched alkanes of at least 4 members (excludes halogenated alkanes) is 3. The van der Waals surface area contributed by atoms with Crippen LogP contribution in [0, 0.1) is 0 Å². The van der Waals surface area contributed by atoms with E-state index in [-0.39, 0.29) is 24.0 Å². The monoisotopic (exact) mass is 469 g/mol. The summed E-state index contributed by atoms with van der Waals surface area (Å²) in [6.07, 6.45) is 10.7. The number of hydrogen-bond donors (Lipinski definition) is 2. The largest absolute Gasteiger partial charge is 0.357 e. The standard InChI is InChI=1S/C20H31N5.HI/c1-3-5-6-7-11-23-20(22-4-2)24-15-18-9-8-10-19(14-18)16-25-13-12-21-17-25;/h8-10,12-14,17H,3-7,11,15-16H2,1-2H3,(H2,22,23,24);1H. The van der Waals surface area contributed by atoms with Crippen molar-refractivity contribution in [3.05, 3.63) is 54.1 Å². The van der Waals surface area contributed by atoms with Gasteiger partial charge in [-0.25, -0.2) is 9.98 Å². The van der Waals surface area contributed by atoms with Crippen LogP contribution < -0.4 is 10.6 Å². The van der Waals surface area contributed by atoms with Crippen molar-refractivity contribution >= 4 is 29.9 Å². The summed E-state index contributed by atoms with van der Waals surface area (Å²) in [6.45, 7) is 7.71. The molecule has 1 aromatic carbocycles. The molecule has 0 spiro atoms. The molecule has 0 radical (unpaired) electrons. The Labute approximate surface area is 174 Å². The van der Waals surface area contributed by atoms with Crippen LogP contribution >= 0.6 is 24.0 Å². The fraction of sp³-hybridized carbons (Fsp3) is 0.500. The molecule has 0 aliphatic carbocycles. The Morgan fingerprint density at radius 2 is 1.96 bits per heavy atom. The molecule has 0 aliphatic heterocycles. The van der Waals surface area contributed by atoms with Crippen LogP contribution in [0.3, 0.4) is 0 Å². The molecule has 0 fully saturated rings. The summed E-state index contributed by atoms with van der Waals surface area (Å²) in [6, 6.07) is 8.59. The second-order valence-corrected chi connectivity index (χ2v) is 6.24. The van der Waals surface area contributed by atoms with Gasteiger partial charge in [0, 0.05) is 32.0 Å². The molecule has 0 atom stereocenters.